The molecule has 196 valence electrons. The minimum absolute atomic E-state index is 0.00101. The first-order valence-corrected chi connectivity index (χ1v) is 13.4. The quantitative estimate of drug-likeness (QED) is 0.393. The van der Waals surface area contributed by atoms with Gasteiger partial charge in [0.15, 0.2) is 0 Å². The summed E-state index contributed by atoms with van der Waals surface area (Å²) in [5.41, 5.74) is 3.40. The number of fused-ring (bicyclic) bond motifs is 1. The molecule has 2 fully saturated rings. The lowest BCUT2D eigenvalue weighted by atomic mass is 9.88. The predicted molar refractivity (Wildman–Crippen MR) is 143 cm³/mol. The number of methoxy groups -OCH3 is 1. The maximum atomic E-state index is 13.8. The van der Waals surface area contributed by atoms with Gasteiger partial charge in [0.05, 0.1) is 11.8 Å². The number of para-hydroxylation sites is 1. The number of aromatic nitrogens is 2. The van der Waals surface area contributed by atoms with E-state index in [0.29, 0.717) is 38.6 Å². The van der Waals surface area contributed by atoms with Crippen LogP contribution >= 0.6 is 0 Å². The largest absolute Gasteiger partial charge is 0.385 e. The molecule has 1 aliphatic heterocycles. The fourth-order valence-corrected chi connectivity index (χ4v) is 5.37. The van der Waals surface area contributed by atoms with Crippen LogP contribution in [0.3, 0.4) is 0 Å². The monoisotopic (exact) mass is 503 g/mol. The molecule has 0 radical (unpaired) electrons. The van der Waals surface area contributed by atoms with Gasteiger partial charge in [0.2, 0.25) is 11.8 Å². The van der Waals surface area contributed by atoms with E-state index in [0.717, 1.165) is 38.0 Å². The van der Waals surface area contributed by atoms with Crippen LogP contribution in [-0.2, 0) is 34.0 Å². The van der Waals surface area contributed by atoms with Crippen molar-refractivity contribution in [3.63, 3.8) is 0 Å². The number of nitrogens with one attached hydrogen (secondary N) is 2. The fourth-order valence-electron chi connectivity index (χ4n) is 5.37. The Kier molecular flexibility index (Phi) is 8.16. The first-order chi connectivity index (χ1) is 18.1. The van der Waals surface area contributed by atoms with E-state index in [-0.39, 0.29) is 23.7 Å². The zero-order valence-electron chi connectivity index (χ0n) is 21.6. The Morgan fingerprint density at radius 1 is 1.14 bits per heavy atom. The molecule has 2 atom stereocenters. The lowest BCUT2D eigenvalue weighted by Gasteiger charge is -2.33. The van der Waals surface area contributed by atoms with Crippen molar-refractivity contribution in [2.75, 3.05) is 26.8 Å². The Bertz CT molecular complexity index is 1210. The molecule has 2 aliphatic rings. The van der Waals surface area contributed by atoms with Crippen LogP contribution in [0.4, 0.5) is 0 Å². The van der Waals surface area contributed by atoms with Crippen LogP contribution in [0.1, 0.15) is 36.8 Å². The topological polar surface area (TPSA) is 88.5 Å². The Hall–Kier alpha value is -3.23. The van der Waals surface area contributed by atoms with E-state index in [9.17, 15) is 9.59 Å². The van der Waals surface area contributed by atoms with Crippen LogP contribution in [-0.4, -0.2) is 59.1 Å². The average Bonchev–Trinajstić information content (AvgIpc) is 3.73. The second-order valence-electron chi connectivity index (χ2n) is 10.3. The molecule has 0 bridgehead atoms. The number of aryl methyl sites for hydroxylation is 1. The number of hydrogen-bond acceptors (Lipinski definition) is 5. The van der Waals surface area contributed by atoms with E-state index in [1.54, 1.807) is 19.5 Å². The Morgan fingerprint density at radius 2 is 1.92 bits per heavy atom. The summed E-state index contributed by atoms with van der Waals surface area (Å²) in [4.78, 5) is 32.8. The fraction of sp³-hybridized carbons (Fsp3) is 0.483. The standard InChI is InChI=1S/C29H37N5O3/c1-37-14-4-13-33-19-24(26-5-2-3-6-27(26)33)20-34(25-7-8-25)29(36)23-15-22(17-31-18-23)28(35)32-16-21-9-11-30-12-10-21/h2-3,5-6,9-12,19,22-23,25,31H,4,7-8,13-18,20H2,1H3,(H,32,35)/t22-,23+/m0/s1. The molecule has 0 spiro atoms. The highest BCUT2D eigenvalue weighted by Crippen LogP contribution is 2.33. The van der Waals surface area contributed by atoms with Gasteiger partial charge in [-0.05, 0) is 55.0 Å². The molecule has 8 heteroatoms. The molecule has 37 heavy (non-hydrogen) atoms. The summed E-state index contributed by atoms with van der Waals surface area (Å²) in [6.07, 6.45) is 9.28. The summed E-state index contributed by atoms with van der Waals surface area (Å²) in [7, 11) is 1.73. The molecule has 1 aromatic carbocycles. The van der Waals surface area contributed by atoms with E-state index < -0.39 is 0 Å². The smallest absolute Gasteiger partial charge is 0.227 e. The molecule has 0 unspecified atom stereocenters. The van der Waals surface area contributed by atoms with Crippen LogP contribution in [0.2, 0.25) is 0 Å². The van der Waals surface area contributed by atoms with Crippen LogP contribution < -0.4 is 10.6 Å². The Labute approximate surface area is 218 Å². The third-order valence-corrected chi connectivity index (χ3v) is 7.52. The number of carbonyl (C=O) groups excluding carboxylic acids is 2. The second-order valence-corrected chi connectivity index (χ2v) is 10.3. The van der Waals surface area contributed by atoms with Gasteiger partial charge in [0.25, 0.3) is 0 Å². The van der Waals surface area contributed by atoms with Gasteiger partial charge < -0.3 is 24.8 Å². The van der Waals surface area contributed by atoms with E-state index in [4.69, 9.17) is 4.74 Å². The van der Waals surface area contributed by atoms with Crippen LogP contribution in [0.15, 0.2) is 55.0 Å². The van der Waals surface area contributed by atoms with Crippen LogP contribution in [0.25, 0.3) is 10.9 Å². The van der Waals surface area contributed by atoms with Gasteiger partial charge >= 0.3 is 0 Å². The predicted octanol–water partition coefficient (Wildman–Crippen LogP) is 3.11. The third-order valence-electron chi connectivity index (χ3n) is 7.52. The molecule has 3 aromatic rings. The van der Waals surface area contributed by atoms with Gasteiger partial charge in [-0.3, -0.25) is 14.6 Å². The van der Waals surface area contributed by atoms with Crippen molar-refractivity contribution in [2.45, 2.75) is 51.4 Å². The lowest BCUT2D eigenvalue weighted by Crippen LogP contribution is -2.49. The molecular weight excluding hydrogens is 466 g/mol. The highest BCUT2D eigenvalue weighted by Gasteiger charge is 2.39. The molecule has 3 heterocycles. The average molecular weight is 504 g/mol. The molecule has 1 aliphatic carbocycles. The lowest BCUT2D eigenvalue weighted by molar-refractivity contribution is -0.138. The highest BCUT2D eigenvalue weighted by atomic mass is 16.5. The maximum absolute atomic E-state index is 13.8. The summed E-state index contributed by atoms with van der Waals surface area (Å²) in [5, 5.41) is 7.59. The molecule has 1 saturated carbocycles. The molecule has 2 aromatic heterocycles. The van der Waals surface area contributed by atoms with Gasteiger partial charge in [-0.25, -0.2) is 0 Å². The highest BCUT2D eigenvalue weighted by molar-refractivity contribution is 5.86. The van der Waals surface area contributed by atoms with Crippen molar-refractivity contribution < 1.29 is 14.3 Å². The number of carbonyl (C=O) groups is 2. The van der Waals surface area contributed by atoms with Gasteiger partial charge in [-0.15, -0.1) is 0 Å². The molecule has 8 nitrogen and oxygen atoms in total. The molecular formula is C29H37N5O3. The molecule has 5 rings (SSSR count). The number of benzene rings is 1. The number of rotatable bonds is 11. The van der Waals surface area contributed by atoms with Crippen molar-refractivity contribution in [3.05, 3.63) is 66.1 Å². The number of hydrogen-bond donors (Lipinski definition) is 2. The van der Waals surface area contributed by atoms with Crippen molar-refractivity contribution in [2.24, 2.45) is 11.8 Å². The van der Waals surface area contributed by atoms with Crippen LogP contribution in [0.5, 0.6) is 0 Å². The van der Waals surface area contributed by atoms with E-state index in [2.05, 4.69) is 55.5 Å². The number of piperidine rings is 1. The van der Waals surface area contributed by atoms with E-state index in [1.807, 2.05) is 12.1 Å². The van der Waals surface area contributed by atoms with Gasteiger partial charge in [-0.1, -0.05) is 18.2 Å². The van der Waals surface area contributed by atoms with Crippen molar-refractivity contribution in [1.82, 2.24) is 25.1 Å². The van der Waals surface area contributed by atoms with E-state index >= 15 is 0 Å². The van der Waals surface area contributed by atoms with Crippen molar-refractivity contribution in [1.29, 1.82) is 0 Å². The Morgan fingerprint density at radius 3 is 2.70 bits per heavy atom. The minimum Gasteiger partial charge on any atom is -0.385 e. The summed E-state index contributed by atoms with van der Waals surface area (Å²) < 4.78 is 7.53. The van der Waals surface area contributed by atoms with Gasteiger partial charge in [-0.2, -0.15) is 0 Å². The summed E-state index contributed by atoms with van der Waals surface area (Å²) in [6.45, 7) is 3.91. The van der Waals surface area contributed by atoms with Gasteiger partial charge in [0.1, 0.15) is 0 Å². The SMILES string of the molecule is COCCCn1cc(CN(C(=O)[C@H]2CNC[C@@H](C(=O)NCc3ccncc3)C2)C2CC2)c2ccccc21. The third kappa shape index (κ3) is 6.19. The summed E-state index contributed by atoms with van der Waals surface area (Å²) in [6, 6.07) is 12.5. The number of ether oxygens (including phenoxy) is 1. The number of amides is 2. The Balaban J connectivity index is 1.26. The number of pyridine rings is 1. The number of nitrogens with zero attached hydrogens (tertiary/aromatic N) is 3. The second kappa shape index (κ2) is 11.9. The first-order valence-electron chi connectivity index (χ1n) is 13.4. The van der Waals surface area contributed by atoms with Crippen LogP contribution in [0, 0.1) is 11.8 Å². The summed E-state index contributed by atoms with van der Waals surface area (Å²) >= 11 is 0. The van der Waals surface area contributed by atoms with Gasteiger partial charge in [0, 0.05) is 82.0 Å². The normalized spacial score (nSPS) is 19.6. The minimum atomic E-state index is -0.215. The summed E-state index contributed by atoms with van der Waals surface area (Å²) in [5.74, 6) is -0.244. The first kappa shape index (κ1) is 25.4. The molecule has 1 saturated heterocycles. The van der Waals surface area contributed by atoms with Crippen molar-refractivity contribution >= 4 is 22.7 Å². The van der Waals surface area contributed by atoms with Crippen molar-refractivity contribution in [3.8, 4) is 0 Å². The zero-order valence-corrected chi connectivity index (χ0v) is 21.6. The molecule has 2 N–H and O–H groups in total. The van der Waals surface area contributed by atoms with E-state index in [1.165, 1.54) is 16.5 Å². The molecule has 2 amide bonds. The maximum Gasteiger partial charge on any atom is 0.227 e. The zero-order chi connectivity index (χ0) is 25.6.